The molecule has 0 aromatic carbocycles. The lowest BCUT2D eigenvalue weighted by atomic mass is 10.5. The highest BCUT2D eigenvalue weighted by atomic mass is 32.2. The molecule has 0 bridgehead atoms. The van der Waals surface area contributed by atoms with Crippen LogP contribution in [0.1, 0.15) is 6.92 Å². The van der Waals surface area contributed by atoms with Gasteiger partial charge in [0, 0.05) is 0 Å². The van der Waals surface area contributed by atoms with Crippen molar-refractivity contribution in [3.05, 3.63) is 0 Å². The molecule has 0 spiro atoms. The Morgan fingerprint density at radius 2 is 1.38 bits per heavy atom. The van der Waals surface area contributed by atoms with Gasteiger partial charge in [-0.05, 0) is 6.92 Å². The summed E-state index contributed by atoms with van der Waals surface area (Å²) in [6.45, 7) is -0.333. The molecule has 0 amide bonds. The van der Waals surface area contributed by atoms with Gasteiger partial charge in [0.15, 0.2) is 0 Å². The molecule has 0 saturated heterocycles. The van der Waals surface area contributed by atoms with Gasteiger partial charge in [0.05, 0.1) is 0 Å². The number of hydrogen-bond acceptors (Lipinski definition) is 2. The Hall–Kier alpha value is -0.470. The van der Waals surface area contributed by atoms with Crippen molar-refractivity contribution in [1.29, 1.82) is 0 Å². The van der Waals surface area contributed by atoms with Gasteiger partial charge in [-0.15, -0.1) is 0 Å². The molecule has 0 aliphatic carbocycles. The molecule has 13 heavy (non-hydrogen) atoms. The molecular weight excluding hydrogens is 226 g/mol. The van der Waals surface area contributed by atoms with E-state index < -0.39 is 26.8 Å². The monoisotopic (exact) mass is 230 g/mol. The van der Waals surface area contributed by atoms with E-state index in [1.54, 1.807) is 0 Å². The third-order valence-corrected chi connectivity index (χ3v) is 3.06. The molecule has 0 aromatic rings. The summed E-state index contributed by atoms with van der Waals surface area (Å²) >= 11 is 0. The van der Waals surface area contributed by atoms with Crippen molar-refractivity contribution >= 4 is 9.84 Å². The molecule has 0 aliphatic rings. The van der Waals surface area contributed by atoms with E-state index >= 15 is 0 Å². The van der Waals surface area contributed by atoms with Gasteiger partial charge in [-0.3, -0.25) is 0 Å². The van der Waals surface area contributed by atoms with Crippen molar-refractivity contribution in [3.8, 4) is 0 Å². The van der Waals surface area contributed by atoms with Crippen LogP contribution in [0.4, 0.5) is 26.3 Å². The van der Waals surface area contributed by atoms with Crippen molar-refractivity contribution in [3.63, 3.8) is 0 Å². The van der Waals surface area contributed by atoms with E-state index in [1.165, 1.54) is 0 Å². The molecule has 2 nitrogen and oxygen atoms in total. The molecule has 0 rings (SSSR count). The molecule has 1 atom stereocenters. The van der Waals surface area contributed by atoms with E-state index in [0.29, 0.717) is 0 Å². The molecular formula is C4H4F6O2S. The zero-order valence-electron chi connectivity index (χ0n) is 6.07. The van der Waals surface area contributed by atoms with Crippen LogP contribution in [0.5, 0.6) is 0 Å². The first-order valence-corrected chi connectivity index (χ1v) is 4.21. The summed E-state index contributed by atoms with van der Waals surface area (Å²) in [5.74, 6) is 0. The highest BCUT2D eigenvalue weighted by molar-refractivity contribution is 7.93. The molecule has 0 heterocycles. The van der Waals surface area contributed by atoms with Gasteiger partial charge in [-0.1, -0.05) is 0 Å². The first-order valence-electron chi connectivity index (χ1n) is 2.72. The second-order valence-electron chi connectivity index (χ2n) is 2.24. The largest absolute Gasteiger partial charge is 0.500 e. The smallest absolute Gasteiger partial charge is 0.220 e. The number of halogens is 6. The lowest BCUT2D eigenvalue weighted by Gasteiger charge is -2.20. The van der Waals surface area contributed by atoms with Gasteiger partial charge in [0.1, 0.15) is 0 Å². The van der Waals surface area contributed by atoms with Crippen LogP contribution in [0.3, 0.4) is 0 Å². The third-order valence-electron chi connectivity index (χ3n) is 1.22. The number of alkyl halides is 6. The lowest BCUT2D eigenvalue weighted by Crippen LogP contribution is -2.45. The van der Waals surface area contributed by atoms with Crippen LogP contribution in [-0.4, -0.2) is 25.4 Å². The average Bonchev–Trinajstić information content (AvgIpc) is 1.84. The maximum Gasteiger partial charge on any atom is 0.500 e. The summed E-state index contributed by atoms with van der Waals surface area (Å²) in [6.07, 6.45) is -4.25. The molecule has 0 aliphatic heterocycles. The standard InChI is InChI=1S/C4H4F6O2S/c1-3(7,2(5)6)13(11,12)4(8,9)10/h2H,1H3. The van der Waals surface area contributed by atoms with E-state index in [-0.39, 0.29) is 6.92 Å². The summed E-state index contributed by atoms with van der Waals surface area (Å²) < 4.78 is 90.5. The molecule has 1 unspecified atom stereocenters. The zero-order valence-corrected chi connectivity index (χ0v) is 6.89. The number of sulfone groups is 1. The van der Waals surface area contributed by atoms with Crippen molar-refractivity contribution in [2.45, 2.75) is 23.9 Å². The summed E-state index contributed by atoms with van der Waals surface area (Å²) in [5, 5.41) is -4.61. The fraction of sp³-hybridized carbons (Fsp3) is 1.00. The van der Waals surface area contributed by atoms with Crippen LogP contribution in [0.2, 0.25) is 0 Å². The fourth-order valence-corrected chi connectivity index (χ4v) is 1.03. The molecule has 80 valence electrons. The molecule has 0 radical (unpaired) electrons. The topological polar surface area (TPSA) is 34.1 Å². The highest BCUT2D eigenvalue weighted by Crippen LogP contribution is 2.38. The average molecular weight is 230 g/mol. The van der Waals surface area contributed by atoms with Crippen LogP contribution in [0.25, 0.3) is 0 Å². The van der Waals surface area contributed by atoms with Crippen LogP contribution < -0.4 is 0 Å². The summed E-state index contributed by atoms with van der Waals surface area (Å²) in [6, 6.07) is 0. The minimum Gasteiger partial charge on any atom is -0.220 e. The van der Waals surface area contributed by atoms with E-state index in [1.807, 2.05) is 0 Å². The van der Waals surface area contributed by atoms with E-state index in [0.717, 1.165) is 0 Å². The SMILES string of the molecule is CC(F)(C(F)F)S(=O)(=O)C(F)(F)F. The normalized spacial score (nSPS) is 18.8. The Kier molecular flexibility index (Phi) is 2.92. The van der Waals surface area contributed by atoms with Gasteiger partial charge >= 0.3 is 5.51 Å². The van der Waals surface area contributed by atoms with Crippen molar-refractivity contribution < 1.29 is 34.8 Å². The Morgan fingerprint density at radius 3 is 1.46 bits per heavy atom. The summed E-state index contributed by atoms with van der Waals surface area (Å²) in [7, 11) is -6.49. The van der Waals surface area contributed by atoms with E-state index in [4.69, 9.17) is 0 Å². The van der Waals surface area contributed by atoms with Crippen LogP contribution in [0, 0.1) is 0 Å². The first-order chi connectivity index (χ1) is 5.44. The predicted octanol–water partition coefficient (Wildman–Crippen LogP) is 1.87. The Morgan fingerprint density at radius 1 is 1.08 bits per heavy atom. The zero-order chi connectivity index (χ0) is 11.1. The quantitative estimate of drug-likeness (QED) is 0.678. The lowest BCUT2D eigenvalue weighted by molar-refractivity contribution is -0.0573. The Bertz CT molecular complexity index is 275. The first kappa shape index (κ1) is 12.5. The van der Waals surface area contributed by atoms with Crippen LogP contribution in [-0.2, 0) is 9.84 Å². The maximum atomic E-state index is 12.4. The van der Waals surface area contributed by atoms with Crippen molar-refractivity contribution in [1.82, 2.24) is 0 Å². The minimum atomic E-state index is -6.49. The van der Waals surface area contributed by atoms with Gasteiger partial charge in [-0.25, -0.2) is 21.6 Å². The van der Waals surface area contributed by atoms with Gasteiger partial charge in [-0.2, -0.15) is 13.2 Å². The Labute approximate surface area is 69.5 Å². The molecule has 0 saturated carbocycles. The van der Waals surface area contributed by atoms with Gasteiger partial charge in [0.25, 0.3) is 21.3 Å². The van der Waals surface area contributed by atoms with Crippen LogP contribution >= 0.6 is 0 Å². The second kappa shape index (κ2) is 3.03. The number of hydrogen-bond donors (Lipinski definition) is 0. The third kappa shape index (κ3) is 1.89. The maximum absolute atomic E-state index is 12.4. The minimum absolute atomic E-state index is 0.333. The second-order valence-corrected chi connectivity index (χ2v) is 4.50. The van der Waals surface area contributed by atoms with Gasteiger partial charge < -0.3 is 0 Å². The molecule has 0 fully saturated rings. The van der Waals surface area contributed by atoms with Crippen LogP contribution in [0.15, 0.2) is 0 Å². The molecule has 0 aromatic heterocycles. The highest BCUT2D eigenvalue weighted by Gasteiger charge is 2.62. The van der Waals surface area contributed by atoms with E-state index in [9.17, 15) is 34.8 Å². The fourth-order valence-electron chi connectivity index (χ4n) is 0.344. The molecule has 9 heteroatoms. The van der Waals surface area contributed by atoms with Gasteiger partial charge in [0.2, 0.25) is 0 Å². The van der Waals surface area contributed by atoms with Crippen molar-refractivity contribution in [2.75, 3.05) is 0 Å². The molecule has 0 N–H and O–H groups in total. The summed E-state index contributed by atoms with van der Waals surface area (Å²) in [5.41, 5.74) is -6.02. The predicted molar refractivity (Wildman–Crippen MR) is 30.5 cm³/mol. The number of rotatable bonds is 2. The van der Waals surface area contributed by atoms with E-state index in [2.05, 4.69) is 0 Å². The summed E-state index contributed by atoms with van der Waals surface area (Å²) in [4.78, 5) is 0. The van der Waals surface area contributed by atoms with Crippen molar-refractivity contribution in [2.24, 2.45) is 0 Å². The Balaban J connectivity index is 5.32.